The van der Waals surface area contributed by atoms with Crippen LogP contribution in [0.15, 0.2) is 29.3 Å². The van der Waals surface area contributed by atoms with Gasteiger partial charge >= 0.3 is 5.97 Å². The van der Waals surface area contributed by atoms with E-state index in [0.717, 1.165) is 23.8 Å². The number of para-hydroxylation sites is 1. The first-order chi connectivity index (χ1) is 11.6. The van der Waals surface area contributed by atoms with Crippen LogP contribution in [0.2, 0.25) is 0 Å². The maximum absolute atomic E-state index is 11.4. The molecule has 0 aliphatic heterocycles. The number of methoxy groups -OCH3 is 1. The van der Waals surface area contributed by atoms with Crippen molar-refractivity contribution in [3.63, 3.8) is 0 Å². The lowest BCUT2D eigenvalue weighted by molar-refractivity contribution is -0.144. The van der Waals surface area contributed by atoms with Gasteiger partial charge in [0, 0.05) is 25.7 Å². The Bertz CT molecular complexity index is 570. The summed E-state index contributed by atoms with van der Waals surface area (Å²) in [6.07, 6.45) is 2.55. The van der Waals surface area contributed by atoms with Gasteiger partial charge in [0.25, 0.3) is 0 Å². The summed E-state index contributed by atoms with van der Waals surface area (Å²) in [7, 11) is 3.10. The largest absolute Gasteiger partial charge is 0.493 e. The first kappa shape index (κ1) is 18.1. The monoisotopic (exact) mass is 333 g/mol. The maximum atomic E-state index is 11.4. The van der Waals surface area contributed by atoms with E-state index in [9.17, 15) is 4.79 Å². The number of nitrogens with zero attached hydrogens (tertiary/aromatic N) is 1. The van der Waals surface area contributed by atoms with E-state index >= 15 is 0 Å². The maximum Gasteiger partial charge on any atom is 0.310 e. The Morgan fingerprint density at radius 1 is 1.33 bits per heavy atom. The van der Waals surface area contributed by atoms with Crippen LogP contribution in [0.25, 0.3) is 0 Å². The Morgan fingerprint density at radius 2 is 2.08 bits per heavy atom. The van der Waals surface area contributed by atoms with Gasteiger partial charge < -0.3 is 20.1 Å². The molecule has 1 aromatic rings. The van der Waals surface area contributed by atoms with Crippen molar-refractivity contribution < 1.29 is 14.3 Å². The number of carbonyl (C=O) groups is 1. The zero-order valence-electron chi connectivity index (χ0n) is 14.7. The normalized spacial score (nSPS) is 15.5. The number of carbonyl (C=O) groups excluding carboxylic acids is 1. The number of hydrogen-bond acceptors (Lipinski definition) is 4. The molecular weight excluding hydrogens is 306 g/mol. The predicted molar refractivity (Wildman–Crippen MR) is 94.0 cm³/mol. The number of esters is 1. The Balaban J connectivity index is 1.83. The number of hydrogen-bond donors (Lipinski definition) is 2. The highest BCUT2D eigenvalue weighted by Crippen LogP contribution is 2.30. The van der Waals surface area contributed by atoms with Gasteiger partial charge in [-0.3, -0.25) is 9.79 Å². The van der Waals surface area contributed by atoms with Crippen molar-refractivity contribution in [1.29, 1.82) is 0 Å². The lowest BCUT2D eigenvalue weighted by Crippen LogP contribution is -2.40. The highest BCUT2D eigenvalue weighted by Gasteiger charge is 2.22. The number of rotatable bonds is 8. The van der Waals surface area contributed by atoms with E-state index in [1.54, 1.807) is 7.05 Å². The molecule has 0 radical (unpaired) electrons. The summed E-state index contributed by atoms with van der Waals surface area (Å²) in [6.45, 7) is 3.67. The fourth-order valence-corrected chi connectivity index (χ4v) is 2.22. The fourth-order valence-electron chi connectivity index (χ4n) is 2.22. The molecule has 2 N–H and O–H groups in total. The molecule has 2 rings (SSSR count). The van der Waals surface area contributed by atoms with Crippen LogP contribution in [-0.2, 0) is 16.1 Å². The standard InChI is InChI=1S/C18H27N3O3/c1-13(17(22)23-3)10-20-18(19-2)21-11-15-6-4-5-7-16(15)24-12-14-8-9-14/h4-7,13-14H,8-12H2,1-3H3,(H2,19,20,21). The molecule has 24 heavy (non-hydrogen) atoms. The second kappa shape index (κ2) is 9.15. The molecule has 6 nitrogen and oxygen atoms in total. The topological polar surface area (TPSA) is 72.0 Å². The Hall–Kier alpha value is -2.24. The molecule has 1 aliphatic carbocycles. The van der Waals surface area contributed by atoms with Crippen LogP contribution in [-0.4, -0.2) is 39.2 Å². The molecule has 0 spiro atoms. The molecule has 0 saturated heterocycles. The first-order valence-electron chi connectivity index (χ1n) is 8.37. The van der Waals surface area contributed by atoms with Crippen LogP contribution in [0.3, 0.4) is 0 Å². The predicted octanol–water partition coefficient (Wildman–Crippen LogP) is 1.95. The molecule has 0 bridgehead atoms. The molecule has 1 unspecified atom stereocenters. The van der Waals surface area contributed by atoms with Crippen molar-refractivity contribution in [3.05, 3.63) is 29.8 Å². The molecule has 132 valence electrons. The van der Waals surface area contributed by atoms with Crippen molar-refractivity contribution in [2.75, 3.05) is 27.3 Å². The first-order valence-corrected chi connectivity index (χ1v) is 8.37. The zero-order chi connectivity index (χ0) is 17.4. The summed E-state index contributed by atoms with van der Waals surface area (Å²) in [5, 5.41) is 6.38. The second-order valence-corrected chi connectivity index (χ2v) is 6.09. The molecule has 1 aromatic carbocycles. The number of ether oxygens (including phenoxy) is 2. The Kier molecular flexibility index (Phi) is 6.90. The second-order valence-electron chi connectivity index (χ2n) is 6.09. The molecular formula is C18H27N3O3. The molecule has 0 amide bonds. The Morgan fingerprint density at radius 3 is 2.75 bits per heavy atom. The van der Waals surface area contributed by atoms with Crippen molar-refractivity contribution in [2.24, 2.45) is 16.8 Å². The highest BCUT2D eigenvalue weighted by atomic mass is 16.5. The van der Waals surface area contributed by atoms with Gasteiger partial charge in [-0.15, -0.1) is 0 Å². The molecule has 1 atom stereocenters. The molecule has 0 aromatic heterocycles. The lowest BCUT2D eigenvalue weighted by Gasteiger charge is -2.16. The van der Waals surface area contributed by atoms with Crippen LogP contribution in [0.5, 0.6) is 5.75 Å². The molecule has 1 aliphatic rings. The summed E-state index contributed by atoms with van der Waals surface area (Å²) < 4.78 is 10.6. The third-order valence-corrected chi connectivity index (χ3v) is 3.99. The van der Waals surface area contributed by atoms with Crippen LogP contribution in [0.4, 0.5) is 0 Å². The molecule has 1 fully saturated rings. The number of aliphatic imine (C=N–C) groups is 1. The summed E-state index contributed by atoms with van der Waals surface area (Å²) >= 11 is 0. The highest BCUT2D eigenvalue weighted by molar-refractivity contribution is 5.80. The summed E-state index contributed by atoms with van der Waals surface area (Å²) in [5.41, 5.74) is 1.09. The van der Waals surface area contributed by atoms with Gasteiger partial charge in [-0.1, -0.05) is 25.1 Å². The lowest BCUT2D eigenvalue weighted by atomic mass is 10.2. The fraction of sp³-hybridized carbons (Fsp3) is 0.556. The van der Waals surface area contributed by atoms with Crippen molar-refractivity contribution >= 4 is 11.9 Å². The SMILES string of the molecule is CN=C(NCc1ccccc1OCC1CC1)NCC(C)C(=O)OC. The minimum Gasteiger partial charge on any atom is -0.493 e. The average Bonchev–Trinajstić information content (AvgIpc) is 3.44. The van der Waals surface area contributed by atoms with Gasteiger partial charge in [-0.2, -0.15) is 0 Å². The molecule has 0 heterocycles. The van der Waals surface area contributed by atoms with E-state index in [1.807, 2.05) is 31.2 Å². The summed E-state index contributed by atoms with van der Waals surface area (Å²) in [6, 6.07) is 8.02. The zero-order valence-corrected chi connectivity index (χ0v) is 14.7. The van der Waals surface area contributed by atoms with Crippen LogP contribution in [0, 0.1) is 11.8 Å². The van der Waals surface area contributed by atoms with E-state index in [1.165, 1.54) is 20.0 Å². The van der Waals surface area contributed by atoms with Gasteiger partial charge in [0.1, 0.15) is 5.75 Å². The van der Waals surface area contributed by atoms with E-state index in [-0.39, 0.29) is 11.9 Å². The third-order valence-electron chi connectivity index (χ3n) is 3.99. The van der Waals surface area contributed by atoms with Crippen molar-refractivity contribution in [2.45, 2.75) is 26.3 Å². The average molecular weight is 333 g/mol. The van der Waals surface area contributed by atoms with E-state index in [0.29, 0.717) is 19.0 Å². The summed E-state index contributed by atoms with van der Waals surface area (Å²) in [5.74, 6) is 1.80. The van der Waals surface area contributed by atoms with Crippen LogP contribution < -0.4 is 15.4 Å². The molecule has 6 heteroatoms. The number of benzene rings is 1. The van der Waals surface area contributed by atoms with Crippen LogP contribution in [0.1, 0.15) is 25.3 Å². The van der Waals surface area contributed by atoms with Gasteiger partial charge in [0.2, 0.25) is 0 Å². The Labute approximate surface area is 143 Å². The van der Waals surface area contributed by atoms with E-state index < -0.39 is 0 Å². The van der Waals surface area contributed by atoms with Crippen molar-refractivity contribution in [1.82, 2.24) is 10.6 Å². The number of guanidine groups is 1. The van der Waals surface area contributed by atoms with Gasteiger partial charge in [-0.05, 0) is 24.8 Å². The van der Waals surface area contributed by atoms with E-state index in [2.05, 4.69) is 15.6 Å². The van der Waals surface area contributed by atoms with Crippen LogP contribution >= 0.6 is 0 Å². The van der Waals surface area contributed by atoms with Crippen molar-refractivity contribution in [3.8, 4) is 5.75 Å². The van der Waals surface area contributed by atoms with Gasteiger partial charge in [0.15, 0.2) is 5.96 Å². The minimum atomic E-state index is -0.239. The molecule has 1 saturated carbocycles. The quantitative estimate of drug-likeness (QED) is 0.432. The minimum absolute atomic E-state index is 0.234. The van der Waals surface area contributed by atoms with Gasteiger partial charge in [-0.25, -0.2) is 0 Å². The number of nitrogens with one attached hydrogen (secondary N) is 2. The summed E-state index contributed by atoms with van der Waals surface area (Å²) in [4.78, 5) is 15.6. The third kappa shape index (κ3) is 5.76. The smallest absolute Gasteiger partial charge is 0.310 e. The van der Waals surface area contributed by atoms with Gasteiger partial charge in [0.05, 0.1) is 19.6 Å². The van der Waals surface area contributed by atoms with E-state index in [4.69, 9.17) is 9.47 Å².